The number of nitrogens with zero attached hydrogens (tertiary/aromatic N) is 2. The molecule has 0 saturated carbocycles. The third kappa shape index (κ3) is 6.23. The van der Waals surface area contributed by atoms with Gasteiger partial charge in [-0.25, -0.2) is 0 Å². The minimum absolute atomic E-state index is 0. The van der Waals surface area contributed by atoms with Crippen molar-refractivity contribution in [3.05, 3.63) is 71.3 Å². The molecule has 2 aliphatic heterocycles. The SMILES string of the molecule is CCNC(=NCC1CCCOC1c1ccccc1)N1CCOC(c2ccccc2C)C1.I. The van der Waals surface area contributed by atoms with E-state index in [0.717, 1.165) is 51.6 Å². The minimum Gasteiger partial charge on any atom is -0.373 e. The molecule has 4 rings (SSSR count). The summed E-state index contributed by atoms with van der Waals surface area (Å²) in [5.41, 5.74) is 3.81. The Balaban J connectivity index is 0.00000289. The van der Waals surface area contributed by atoms with E-state index in [2.05, 4.69) is 78.7 Å². The quantitative estimate of drug-likeness (QED) is 0.320. The highest BCUT2D eigenvalue weighted by atomic mass is 127. The summed E-state index contributed by atoms with van der Waals surface area (Å²) in [5, 5.41) is 3.51. The molecule has 1 N–H and O–H groups in total. The first-order valence-corrected chi connectivity index (χ1v) is 11.6. The molecule has 174 valence electrons. The second kappa shape index (κ2) is 12.6. The van der Waals surface area contributed by atoms with Crippen molar-refractivity contribution in [2.45, 2.75) is 38.9 Å². The van der Waals surface area contributed by atoms with Gasteiger partial charge in [-0.15, -0.1) is 24.0 Å². The number of benzene rings is 2. The van der Waals surface area contributed by atoms with E-state index in [9.17, 15) is 0 Å². The molecule has 0 radical (unpaired) electrons. The van der Waals surface area contributed by atoms with Gasteiger partial charge >= 0.3 is 0 Å². The number of ether oxygens (including phenoxy) is 2. The number of hydrogen-bond acceptors (Lipinski definition) is 3. The van der Waals surface area contributed by atoms with Gasteiger partial charge in [0, 0.05) is 32.2 Å². The molecule has 2 fully saturated rings. The summed E-state index contributed by atoms with van der Waals surface area (Å²) in [4.78, 5) is 7.44. The van der Waals surface area contributed by atoms with Crippen molar-refractivity contribution in [1.82, 2.24) is 10.2 Å². The molecule has 3 unspecified atom stereocenters. The highest BCUT2D eigenvalue weighted by molar-refractivity contribution is 14.0. The lowest BCUT2D eigenvalue weighted by Gasteiger charge is -2.36. The van der Waals surface area contributed by atoms with Gasteiger partial charge in [-0.3, -0.25) is 4.99 Å². The van der Waals surface area contributed by atoms with Crippen molar-refractivity contribution < 1.29 is 9.47 Å². The molecule has 2 aromatic carbocycles. The lowest BCUT2D eigenvalue weighted by Crippen LogP contribution is -2.48. The molecule has 2 saturated heterocycles. The standard InChI is InChI=1S/C26H35N3O2.HI/c1-3-27-26(29-15-17-30-24(19-29)23-14-8-7-10-20(23)2)28-18-22-13-9-16-31-25(22)21-11-5-4-6-12-21;/h4-8,10-12,14,22,24-25H,3,9,13,15-19H2,1-2H3,(H,27,28);1H. The van der Waals surface area contributed by atoms with Crippen LogP contribution in [0.15, 0.2) is 59.6 Å². The van der Waals surface area contributed by atoms with E-state index in [1.807, 2.05) is 0 Å². The number of halogens is 1. The summed E-state index contributed by atoms with van der Waals surface area (Å²) in [6.07, 6.45) is 2.46. The zero-order valence-corrected chi connectivity index (χ0v) is 21.5. The van der Waals surface area contributed by atoms with Gasteiger partial charge < -0.3 is 19.7 Å². The lowest BCUT2D eigenvalue weighted by molar-refractivity contribution is -0.0255. The van der Waals surface area contributed by atoms with Gasteiger partial charge in [0.05, 0.1) is 19.3 Å². The van der Waals surface area contributed by atoms with E-state index in [1.165, 1.54) is 16.7 Å². The maximum atomic E-state index is 6.18. The third-order valence-corrected chi connectivity index (χ3v) is 6.28. The summed E-state index contributed by atoms with van der Waals surface area (Å²) >= 11 is 0. The molecule has 0 spiro atoms. The molecule has 32 heavy (non-hydrogen) atoms. The minimum atomic E-state index is 0. The van der Waals surface area contributed by atoms with Crippen molar-refractivity contribution >= 4 is 29.9 Å². The monoisotopic (exact) mass is 549 g/mol. The number of rotatable bonds is 5. The Morgan fingerprint density at radius 2 is 1.84 bits per heavy atom. The molecule has 0 amide bonds. The molecule has 2 aliphatic rings. The van der Waals surface area contributed by atoms with Crippen LogP contribution in [0, 0.1) is 12.8 Å². The third-order valence-electron chi connectivity index (χ3n) is 6.28. The predicted molar refractivity (Wildman–Crippen MR) is 141 cm³/mol. The predicted octanol–water partition coefficient (Wildman–Crippen LogP) is 5.12. The first kappa shape index (κ1) is 25.0. The Morgan fingerprint density at radius 1 is 1.06 bits per heavy atom. The number of aliphatic imine (C=N–C) groups is 1. The first-order valence-electron chi connectivity index (χ1n) is 11.6. The van der Waals surface area contributed by atoms with Crippen LogP contribution >= 0.6 is 24.0 Å². The fraction of sp³-hybridized carbons (Fsp3) is 0.500. The van der Waals surface area contributed by atoms with Gasteiger partial charge in [0.15, 0.2) is 5.96 Å². The van der Waals surface area contributed by atoms with Crippen molar-refractivity contribution in [3.63, 3.8) is 0 Å². The van der Waals surface area contributed by atoms with E-state index >= 15 is 0 Å². The van der Waals surface area contributed by atoms with Crippen LogP contribution in [0.1, 0.15) is 48.7 Å². The Morgan fingerprint density at radius 3 is 2.62 bits per heavy atom. The molecule has 2 aromatic rings. The van der Waals surface area contributed by atoms with Gasteiger partial charge in [-0.05, 0) is 43.4 Å². The average Bonchev–Trinajstić information content (AvgIpc) is 2.83. The van der Waals surface area contributed by atoms with Crippen LogP contribution in [0.3, 0.4) is 0 Å². The lowest BCUT2D eigenvalue weighted by atomic mass is 9.89. The highest BCUT2D eigenvalue weighted by Crippen LogP contribution is 2.34. The van der Waals surface area contributed by atoms with Gasteiger partial charge in [-0.2, -0.15) is 0 Å². The molecule has 6 heteroatoms. The van der Waals surface area contributed by atoms with Crippen molar-refractivity contribution in [1.29, 1.82) is 0 Å². The van der Waals surface area contributed by atoms with E-state index < -0.39 is 0 Å². The molecule has 2 heterocycles. The van der Waals surface area contributed by atoms with Gasteiger partial charge in [-0.1, -0.05) is 54.6 Å². The number of morpholine rings is 1. The fourth-order valence-electron chi connectivity index (χ4n) is 4.65. The van der Waals surface area contributed by atoms with Gasteiger partial charge in [0.1, 0.15) is 6.10 Å². The van der Waals surface area contributed by atoms with E-state index in [0.29, 0.717) is 12.5 Å². The molecular formula is C26H36IN3O2. The van der Waals surface area contributed by atoms with Crippen LogP contribution < -0.4 is 5.32 Å². The fourth-order valence-corrected chi connectivity index (χ4v) is 4.65. The summed E-state index contributed by atoms with van der Waals surface area (Å²) in [7, 11) is 0. The Bertz CT molecular complexity index is 861. The highest BCUT2D eigenvalue weighted by Gasteiger charge is 2.29. The molecule has 0 aliphatic carbocycles. The summed E-state index contributed by atoms with van der Waals surface area (Å²) in [5.74, 6) is 1.39. The number of nitrogens with one attached hydrogen (secondary N) is 1. The molecule has 3 atom stereocenters. The summed E-state index contributed by atoms with van der Waals surface area (Å²) in [6.45, 7) is 9.14. The van der Waals surface area contributed by atoms with Crippen LogP contribution in [0.2, 0.25) is 0 Å². The maximum Gasteiger partial charge on any atom is 0.194 e. The Hall–Kier alpha value is -1.64. The summed E-state index contributed by atoms with van der Waals surface area (Å²) in [6, 6.07) is 19.1. The van der Waals surface area contributed by atoms with Crippen LogP contribution in [0.4, 0.5) is 0 Å². The average molecular weight is 549 g/mol. The second-order valence-corrected chi connectivity index (χ2v) is 8.46. The number of hydrogen-bond donors (Lipinski definition) is 1. The zero-order chi connectivity index (χ0) is 21.5. The van der Waals surface area contributed by atoms with Crippen LogP contribution in [-0.4, -0.2) is 50.3 Å². The van der Waals surface area contributed by atoms with Crippen molar-refractivity contribution in [3.8, 4) is 0 Å². The first-order chi connectivity index (χ1) is 15.3. The van der Waals surface area contributed by atoms with Crippen molar-refractivity contribution in [2.75, 3.05) is 39.4 Å². The second-order valence-electron chi connectivity index (χ2n) is 8.46. The Labute approximate surface area is 209 Å². The molecule has 5 nitrogen and oxygen atoms in total. The topological polar surface area (TPSA) is 46.1 Å². The molecule has 0 bridgehead atoms. The maximum absolute atomic E-state index is 6.18. The van der Waals surface area contributed by atoms with Gasteiger partial charge in [0.2, 0.25) is 0 Å². The van der Waals surface area contributed by atoms with E-state index in [1.54, 1.807) is 0 Å². The smallest absolute Gasteiger partial charge is 0.194 e. The van der Waals surface area contributed by atoms with Gasteiger partial charge in [0.25, 0.3) is 0 Å². The molecule has 0 aromatic heterocycles. The number of aryl methyl sites for hydroxylation is 1. The van der Waals surface area contributed by atoms with E-state index in [4.69, 9.17) is 14.5 Å². The van der Waals surface area contributed by atoms with E-state index in [-0.39, 0.29) is 36.2 Å². The number of guanidine groups is 1. The van der Waals surface area contributed by atoms with Crippen LogP contribution in [0.25, 0.3) is 0 Å². The summed E-state index contributed by atoms with van der Waals surface area (Å²) < 4.78 is 12.3. The molecular weight excluding hydrogens is 513 g/mol. The zero-order valence-electron chi connectivity index (χ0n) is 19.2. The Kier molecular flexibility index (Phi) is 9.81. The van der Waals surface area contributed by atoms with Crippen LogP contribution in [0.5, 0.6) is 0 Å². The van der Waals surface area contributed by atoms with Crippen LogP contribution in [-0.2, 0) is 9.47 Å². The van der Waals surface area contributed by atoms with Crippen molar-refractivity contribution in [2.24, 2.45) is 10.9 Å². The normalized spacial score (nSPS) is 24.0. The largest absolute Gasteiger partial charge is 0.373 e.